The highest BCUT2D eigenvalue weighted by Gasteiger charge is 1.97. The summed E-state index contributed by atoms with van der Waals surface area (Å²) in [6.45, 7) is 8.67. The second-order valence-electron chi connectivity index (χ2n) is 3.18. The molecular weight excluding hydrogens is 140 g/mol. The van der Waals surface area contributed by atoms with Gasteiger partial charge in [0.15, 0.2) is 0 Å². The van der Waals surface area contributed by atoms with Gasteiger partial charge in [0.1, 0.15) is 0 Å². The number of hydrogen-bond donors (Lipinski definition) is 0. The fourth-order valence-corrected chi connectivity index (χ4v) is 1.08. The second-order valence-corrected chi connectivity index (χ2v) is 3.41. The first-order valence-corrected chi connectivity index (χ1v) is 4.16. The lowest BCUT2D eigenvalue weighted by Gasteiger charge is -2.05. The minimum Gasteiger partial charge on any atom is -0.0884 e. The summed E-state index contributed by atoms with van der Waals surface area (Å²) >= 11 is 4.82. The van der Waals surface area contributed by atoms with Crippen LogP contribution in [0.5, 0.6) is 0 Å². The number of rotatable bonds is 3. The topological polar surface area (TPSA) is 0 Å². The van der Waals surface area contributed by atoms with Crippen molar-refractivity contribution in [2.24, 2.45) is 5.92 Å². The van der Waals surface area contributed by atoms with Crippen LogP contribution in [0.4, 0.5) is 0 Å². The first kappa shape index (κ1) is 9.83. The average Bonchev–Trinajstić information content (AvgIpc) is 1.85. The van der Waals surface area contributed by atoms with Gasteiger partial charge in [0, 0.05) is 5.37 Å². The first-order valence-electron chi connectivity index (χ1n) is 3.69. The van der Waals surface area contributed by atoms with Crippen LogP contribution in [0.15, 0.2) is 11.1 Å². The molecule has 10 heavy (non-hydrogen) atoms. The smallest absolute Gasteiger partial charge is 0.00422 e. The van der Waals surface area contributed by atoms with Gasteiger partial charge in [-0.25, -0.2) is 0 Å². The number of hydrogen-bond acceptors (Lipinski definition) is 1. The lowest BCUT2D eigenvalue weighted by Crippen LogP contribution is -1.91. The Labute approximate surface area is 69.3 Å². The molecule has 0 saturated carbocycles. The van der Waals surface area contributed by atoms with Gasteiger partial charge in [0.2, 0.25) is 0 Å². The predicted molar refractivity (Wildman–Crippen MR) is 51.5 cm³/mol. The molecule has 0 aliphatic heterocycles. The van der Waals surface area contributed by atoms with Crippen LogP contribution in [-0.2, 0) is 0 Å². The normalized spacial score (nSPS) is 13.3. The van der Waals surface area contributed by atoms with Gasteiger partial charge in [-0.1, -0.05) is 31.6 Å². The fraction of sp³-hybridized carbons (Fsp3) is 0.667. The van der Waals surface area contributed by atoms with E-state index < -0.39 is 0 Å². The van der Waals surface area contributed by atoms with Gasteiger partial charge in [-0.15, -0.1) is 0 Å². The molecule has 0 saturated heterocycles. The molecular formula is C9H16S. The summed E-state index contributed by atoms with van der Waals surface area (Å²) in [5.41, 5.74) is 2.67. The van der Waals surface area contributed by atoms with E-state index in [0.29, 0.717) is 0 Å². The van der Waals surface area contributed by atoms with Gasteiger partial charge in [-0.05, 0) is 31.8 Å². The molecule has 0 aliphatic carbocycles. The molecule has 0 rings (SSSR count). The van der Waals surface area contributed by atoms with Crippen molar-refractivity contribution in [3.8, 4) is 0 Å². The highest BCUT2D eigenvalue weighted by atomic mass is 32.1. The Morgan fingerprint density at radius 3 is 2.20 bits per heavy atom. The van der Waals surface area contributed by atoms with Crippen molar-refractivity contribution >= 4 is 17.6 Å². The van der Waals surface area contributed by atoms with Crippen LogP contribution >= 0.6 is 12.2 Å². The van der Waals surface area contributed by atoms with Crippen LogP contribution < -0.4 is 0 Å². The molecule has 0 amide bonds. The Balaban J connectivity index is 4.04. The third-order valence-electron chi connectivity index (χ3n) is 1.56. The maximum absolute atomic E-state index is 4.82. The van der Waals surface area contributed by atoms with Crippen molar-refractivity contribution in [3.63, 3.8) is 0 Å². The van der Waals surface area contributed by atoms with Crippen LogP contribution in [0.1, 0.15) is 34.1 Å². The molecule has 0 aromatic rings. The zero-order valence-electron chi connectivity index (χ0n) is 7.27. The summed E-state index contributed by atoms with van der Waals surface area (Å²) in [5.74, 6) is 0.741. The molecule has 0 nitrogen and oxygen atoms in total. The van der Waals surface area contributed by atoms with E-state index in [4.69, 9.17) is 12.2 Å². The van der Waals surface area contributed by atoms with Crippen molar-refractivity contribution in [3.05, 3.63) is 11.1 Å². The van der Waals surface area contributed by atoms with E-state index in [1.54, 1.807) is 5.37 Å². The molecule has 0 unspecified atom stereocenters. The molecule has 0 fully saturated rings. The van der Waals surface area contributed by atoms with Gasteiger partial charge >= 0.3 is 0 Å². The van der Waals surface area contributed by atoms with Crippen LogP contribution in [0.25, 0.3) is 0 Å². The van der Waals surface area contributed by atoms with Crippen LogP contribution in [-0.4, -0.2) is 5.37 Å². The highest BCUT2D eigenvalue weighted by molar-refractivity contribution is 7.79. The van der Waals surface area contributed by atoms with Gasteiger partial charge in [-0.2, -0.15) is 0 Å². The van der Waals surface area contributed by atoms with Crippen molar-refractivity contribution in [1.29, 1.82) is 0 Å². The standard InChI is InChI=1S/C9H16S/c1-7(2)5-8(3)9(4)6-10/h6-7H,5H2,1-4H3/b9-8+. The van der Waals surface area contributed by atoms with Crippen LogP contribution in [0, 0.1) is 5.92 Å². The lowest BCUT2D eigenvalue weighted by atomic mass is 10.0. The van der Waals surface area contributed by atoms with Gasteiger partial charge in [0.25, 0.3) is 0 Å². The quantitative estimate of drug-likeness (QED) is 0.446. The molecule has 0 N–H and O–H groups in total. The third-order valence-corrected chi connectivity index (χ3v) is 1.92. The van der Waals surface area contributed by atoms with E-state index >= 15 is 0 Å². The Hall–Kier alpha value is -0.170. The number of allylic oxidation sites excluding steroid dienone is 2. The second kappa shape index (κ2) is 4.62. The maximum Gasteiger partial charge on any atom is 0.00422 e. The van der Waals surface area contributed by atoms with E-state index in [0.717, 1.165) is 5.92 Å². The minimum absolute atomic E-state index is 0.741. The van der Waals surface area contributed by atoms with Crippen LogP contribution in [0.2, 0.25) is 0 Å². The summed E-state index contributed by atoms with van der Waals surface area (Å²) in [5, 5.41) is 1.76. The predicted octanol–water partition coefficient (Wildman–Crippen LogP) is 3.37. The molecule has 0 bridgehead atoms. The van der Waals surface area contributed by atoms with Crippen molar-refractivity contribution in [1.82, 2.24) is 0 Å². The van der Waals surface area contributed by atoms with E-state index in [1.807, 2.05) is 0 Å². The van der Waals surface area contributed by atoms with E-state index in [2.05, 4.69) is 27.7 Å². The SMILES string of the molecule is C/C(C=S)=C(/C)CC(C)C. The van der Waals surface area contributed by atoms with Gasteiger partial charge < -0.3 is 0 Å². The molecule has 0 aromatic carbocycles. The summed E-state index contributed by atoms with van der Waals surface area (Å²) in [6, 6.07) is 0. The van der Waals surface area contributed by atoms with Gasteiger partial charge in [-0.3, -0.25) is 0 Å². The highest BCUT2D eigenvalue weighted by Crippen LogP contribution is 2.12. The minimum atomic E-state index is 0.741. The fourth-order valence-electron chi connectivity index (χ4n) is 0.874. The molecule has 1 heteroatoms. The molecule has 0 aliphatic rings. The summed E-state index contributed by atoms with van der Waals surface area (Å²) in [4.78, 5) is 0. The molecule has 0 aromatic heterocycles. The van der Waals surface area contributed by atoms with E-state index in [-0.39, 0.29) is 0 Å². The Morgan fingerprint density at radius 2 is 1.90 bits per heavy atom. The zero-order chi connectivity index (χ0) is 8.15. The molecule has 0 spiro atoms. The largest absolute Gasteiger partial charge is 0.0884 e. The number of thiocarbonyl (C=S) groups is 1. The third kappa shape index (κ3) is 3.78. The van der Waals surface area contributed by atoms with E-state index in [9.17, 15) is 0 Å². The molecule has 0 heterocycles. The molecule has 0 radical (unpaired) electrons. The van der Waals surface area contributed by atoms with Crippen molar-refractivity contribution < 1.29 is 0 Å². The van der Waals surface area contributed by atoms with Crippen molar-refractivity contribution in [2.45, 2.75) is 34.1 Å². The summed E-state index contributed by atoms with van der Waals surface area (Å²) in [7, 11) is 0. The monoisotopic (exact) mass is 156 g/mol. The Morgan fingerprint density at radius 1 is 1.40 bits per heavy atom. The average molecular weight is 156 g/mol. The van der Waals surface area contributed by atoms with Gasteiger partial charge in [0.05, 0.1) is 0 Å². The molecule has 58 valence electrons. The maximum atomic E-state index is 4.82. The zero-order valence-corrected chi connectivity index (χ0v) is 8.09. The first-order chi connectivity index (χ1) is 4.57. The Kier molecular flexibility index (Phi) is 4.54. The molecule has 0 atom stereocenters. The summed E-state index contributed by atoms with van der Waals surface area (Å²) in [6.07, 6.45) is 1.17. The van der Waals surface area contributed by atoms with E-state index in [1.165, 1.54) is 17.6 Å². The summed E-state index contributed by atoms with van der Waals surface area (Å²) < 4.78 is 0. The Bertz CT molecular complexity index is 143. The van der Waals surface area contributed by atoms with Crippen molar-refractivity contribution in [2.75, 3.05) is 0 Å². The lowest BCUT2D eigenvalue weighted by molar-refractivity contribution is 0.640. The van der Waals surface area contributed by atoms with Crippen LogP contribution in [0.3, 0.4) is 0 Å².